The molecule has 0 aromatic heterocycles. The van der Waals surface area contributed by atoms with Crippen molar-refractivity contribution in [3.63, 3.8) is 0 Å². The normalized spacial score (nSPS) is 10.8. The van der Waals surface area contributed by atoms with E-state index in [0.717, 1.165) is 0 Å². The van der Waals surface area contributed by atoms with Crippen molar-refractivity contribution in [1.29, 1.82) is 42.1 Å². The van der Waals surface area contributed by atoms with Gasteiger partial charge in [-0.05, 0) is 94.0 Å². The van der Waals surface area contributed by atoms with E-state index in [0.29, 0.717) is 44.5 Å². The molecule has 0 spiro atoms. The van der Waals surface area contributed by atoms with Crippen LogP contribution in [-0.2, 0) is 0 Å². The summed E-state index contributed by atoms with van der Waals surface area (Å²) in [5.41, 5.74) is 5.60. The minimum Gasteiger partial charge on any atom is -0.197 e. The van der Waals surface area contributed by atoms with Crippen LogP contribution >= 0.6 is 0 Å². The summed E-state index contributed by atoms with van der Waals surface area (Å²) >= 11 is 0. The fraction of sp³-hybridized carbons (Fsp3) is 0.0588. The lowest BCUT2D eigenvalue weighted by Gasteiger charge is -2.16. The van der Waals surface area contributed by atoms with Crippen LogP contribution in [0.25, 0.3) is 33.4 Å². The lowest BCUT2D eigenvalue weighted by Crippen LogP contribution is -2.09. The topological polar surface area (TPSA) is 190 Å². The van der Waals surface area contributed by atoms with Crippen LogP contribution in [0.15, 0.2) is 60.7 Å². The Morgan fingerprint density at radius 3 is 1.05 bits per heavy atom. The predicted molar refractivity (Wildman–Crippen MR) is 148 cm³/mol. The number of nitrogens with zero attached hydrogens (tertiary/aromatic N) is 8. The zero-order valence-electron chi connectivity index (χ0n) is 21.5. The number of benzene rings is 4. The molecule has 0 unspecified atom stereocenters. The van der Waals surface area contributed by atoms with Gasteiger partial charge < -0.3 is 0 Å². The highest BCUT2D eigenvalue weighted by molar-refractivity contribution is 5.90. The highest BCUT2D eigenvalue weighted by atomic mass is 14.4. The highest BCUT2D eigenvalue weighted by Crippen LogP contribution is 2.51. The van der Waals surface area contributed by atoms with E-state index in [9.17, 15) is 42.1 Å². The van der Waals surface area contributed by atoms with E-state index < -0.39 is 11.8 Å². The number of rotatable bonds is 3. The monoisotopic (exact) mass is 532 g/mol. The molecule has 8 nitrogen and oxygen atoms in total. The summed E-state index contributed by atoms with van der Waals surface area (Å²) in [4.78, 5) is 0. The third kappa shape index (κ3) is 4.21. The van der Waals surface area contributed by atoms with E-state index in [1.54, 1.807) is 48.5 Å². The first kappa shape index (κ1) is 26.4. The molecule has 0 radical (unpaired) electrons. The standard InChI is InChI=1S/C34H12N8/c35-11-19-1-20(12-36)4-23(3-19)28-9-30-31-10-29(24-5-21(13-37)2-22(6-24)14-38)26(16-40)8-33(31)34(27(17-41)18-42)32(30)7-25(28)15-39/h1-10,27,34H. The smallest absolute Gasteiger partial charge is 0.144 e. The van der Waals surface area contributed by atoms with E-state index in [2.05, 4.69) is 12.1 Å². The lowest BCUT2D eigenvalue weighted by molar-refractivity contribution is 0.725. The molecule has 42 heavy (non-hydrogen) atoms. The van der Waals surface area contributed by atoms with Crippen molar-refractivity contribution in [3.05, 3.63) is 105 Å². The van der Waals surface area contributed by atoms with Crippen LogP contribution in [0.2, 0.25) is 0 Å². The summed E-state index contributed by atoms with van der Waals surface area (Å²) in [6, 6.07) is 32.4. The molecule has 0 N–H and O–H groups in total. The van der Waals surface area contributed by atoms with Crippen molar-refractivity contribution in [2.24, 2.45) is 5.92 Å². The molecule has 0 saturated carbocycles. The van der Waals surface area contributed by atoms with Gasteiger partial charge >= 0.3 is 0 Å². The third-order valence-corrected chi connectivity index (χ3v) is 7.20. The van der Waals surface area contributed by atoms with Gasteiger partial charge in [-0.15, -0.1) is 0 Å². The van der Waals surface area contributed by atoms with Crippen LogP contribution in [0.1, 0.15) is 50.4 Å². The van der Waals surface area contributed by atoms with Gasteiger partial charge in [0.05, 0.1) is 81.9 Å². The zero-order valence-corrected chi connectivity index (χ0v) is 21.5. The Morgan fingerprint density at radius 1 is 0.405 bits per heavy atom. The van der Waals surface area contributed by atoms with Crippen LogP contribution in [0.3, 0.4) is 0 Å². The number of hydrogen-bond acceptors (Lipinski definition) is 8. The molecule has 0 atom stereocenters. The molecule has 4 aromatic carbocycles. The molecule has 0 fully saturated rings. The second-order valence-corrected chi connectivity index (χ2v) is 9.45. The van der Waals surface area contributed by atoms with Crippen molar-refractivity contribution < 1.29 is 0 Å². The maximum absolute atomic E-state index is 10.1. The third-order valence-electron chi connectivity index (χ3n) is 7.20. The van der Waals surface area contributed by atoms with Gasteiger partial charge in [-0.1, -0.05) is 0 Å². The first-order valence-corrected chi connectivity index (χ1v) is 12.3. The van der Waals surface area contributed by atoms with Gasteiger partial charge in [-0.25, -0.2) is 0 Å². The van der Waals surface area contributed by atoms with Crippen molar-refractivity contribution in [2.75, 3.05) is 0 Å². The Labute approximate surface area is 240 Å². The van der Waals surface area contributed by atoms with Crippen LogP contribution in [0.4, 0.5) is 0 Å². The molecule has 0 bridgehead atoms. The summed E-state index contributed by atoms with van der Waals surface area (Å²) in [6.45, 7) is 0. The summed E-state index contributed by atoms with van der Waals surface area (Å²) < 4.78 is 0. The minimum absolute atomic E-state index is 0.223. The van der Waals surface area contributed by atoms with Crippen LogP contribution in [0, 0.1) is 96.6 Å². The maximum atomic E-state index is 10.1. The van der Waals surface area contributed by atoms with Gasteiger partial charge in [-0.3, -0.25) is 0 Å². The van der Waals surface area contributed by atoms with Gasteiger partial charge in [-0.2, -0.15) is 42.1 Å². The number of nitriles is 8. The largest absolute Gasteiger partial charge is 0.197 e. The molecule has 0 amide bonds. The molecular formula is C34H12N8. The molecule has 188 valence electrons. The Kier molecular flexibility index (Phi) is 6.61. The van der Waals surface area contributed by atoms with Crippen molar-refractivity contribution >= 4 is 0 Å². The molecule has 1 aliphatic carbocycles. The number of fused-ring (bicyclic) bond motifs is 3. The average molecular weight is 533 g/mol. The summed E-state index contributed by atoms with van der Waals surface area (Å²) in [5, 5.41) is 77.9. The zero-order chi connectivity index (χ0) is 30.0. The van der Waals surface area contributed by atoms with Crippen molar-refractivity contribution in [2.45, 2.75) is 5.92 Å². The van der Waals surface area contributed by atoms with Crippen molar-refractivity contribution in [3.8, 4) is 81.9 Å². The molecule has 4 aromatic rings. The minimum atomic E-state index is -1.13. The van der Waals surface area contributed by atoms with Crippen LogP contribution in [0.5, 0.6) is 0 Å². The van der Waals surface area contributed by atoms with E-state index in [1.165, 1.54) is 12.1 Å². The fourth-order valence-corrected chi connectivity index (χ4v) is 5.41. The summed E-state index contributed by atoms with van der Waals surface area (Å²) in [6.07, 6.45) is 0. The Balaban J connectivity index is 1.86. The quantitative estimate of drug-likeness (QED) is 0.305. The first-order chi connectivity index (χ1) is 20.4. The van der Waals surface area contributed by atoms with E-state index >= 15 is 0 Å². The molecule has 0 aliphatic heterocycles. The second-order valence-electron chi connectivity index (χ2n) is 9.45. The molecular weight excluding hydrogens is 520 g/mol. The SMILES string of the molecule is N#Cc1cc(C#N)cc(-c2cc3c(cc2C#N)C(C(C#N)C#N)c2cc(C#N)c(-c4cc(C#N)cc(C#N)c4)cc2-3)c1. The van der Waals surface area contributed by atoms with Crippen molar-refractivity contribution in [1.82, 2.24) is 0 Å². The van der Waals surface area contributed by atoms with Crippen LogP contribution < -0.4 is 0 Å². The predicted octanol–water partition coefficient (Wildman–Crippen LogP) is 6.03. The van der Waals surface area contributed by atoms with Gasteiger partial charge in [0, 0.05) is 17.0 Å². The Morgan fingerprint density at radius 2 is 0.762 bits per heavy atom. The molecule has 0 saturated heterocycles. The van der Waals surface area contributed by atoms with E-state index in [4.69, 9.17) is 0 Å². The average Bonchev–Trinajstić information content (AvgIpc) is 3.35. The van der Waals surface area contributed by atoms with E-state index in [1.807, 2.05) is 36.4 Å². The van der Waals surface area contributed by atoms with Gasteiger partial charge in [0.25, 0.3) is 0 Å². The lowest BCUT2D eigenvalue weighted by atomic mass is 9.83. The maximum Gasteiger partial charge on any atom is 0.144 e. The van der Waals surface area contributed by atoms with Gasteiger partial charge in [0.15, 0.2) is 0 Å². The summed E-state index contributed by atoms with van der Waals surface area (Å²) in [5.74, 6) is -1.88. The molecule has 8 heteroatoms. The summed E-state index contributed by atoms with van der Waals surface area (Å²) in [7, 11) is 0. The molecule has 5 rings (SSSR count). The molecule has 1 aliphatic rings. The van der Waals surface area contributed by atoms with Gasteiger partial charge in [0.1, 0.15) is 5.92 Å². The Hall–Kier alpha value is -7.20. The highest BCUT2D eigenvalue weighted by Gasteiger charge is 2.37. The second kappa shape index (κ2) is 10.5. The van der Waals surface area contributed by atoms with E-state index in [-0.39, 0.29) is 33.4 Å². The Bertz CT molecular complexity index is 1980. The fourth-order valence-electron chi connectivity index (χ4n) is 5.41. The molecule has 0 heterocycles. The van der Waals surface area contributed by atoms with Crippen LogP contribution in [-0.4, -0.2) is 0 Å². The number of hydrogen-bond donors (Lipinski definition) is 0. The van der Waals surface area contributed by atoms with Gasteiger partial charge in [0.2, 0.25) is 0 Å². The first-order valence-electron chi connectivity index (χ1n) is 12.3.